The van der Waals surface area contributed by atoms with E-state index in [-0.39, 0.29) is 17.6 Å². The molecule has 4 rings (SSSR count). The first kappa shape index (κ1) is 15.9. The van der Waals surface area contributed by atoms with Gasteiger partial charge in [-0.05, 0) is 19.8 Å². The van der Waals surface area contributed by atoms with Gasteiger partial charge in [0.1, 0.15) is 6.33 Å². The summed E-state index contributed by atoms with van der Waals surface area (Å²) in [6.07, 6.45) is 10.3. The van der Waals surface area contributed by atoms with Gasteiger partial charge in [0.25, 0.3) is 5.91 Å². The number of carbonyl (C=O) groups excluding carboxylic acids is 1. The number of nitrogens with zero attached hydrogens (tertiary/aromatic N) is 5. The zero-order valence-electron chi connectivity index (χ0n) is 14.1. The minimum atomic E-state index is -0.188. The molecule has 0 radical (unpaired) electrons. The van der Waals surface area contributed by atoms with Crippen LogP contribution in [0, 0.1) is 0 Å². The molecule has 0 unspecified atom stereocenters. The summed E-state index contributed by atoms with van der Waals surface area (Å²) in [5.41, 5.74) is 1.33. The molecule has 8 nitrogen and oxygen atoms in total. The maximum Gasteiger partial charge on any atom is 0.257 e. The molecule has 0 aromatic carbocycles. The fraction of sp³-hybridized carbons (Fsp3) is 0.471. The molecule has 130 valence electrons. The normalized spacial score (nSPS) is 21.6. The fourth-order valence-electron chi connectivity index (χ4n) is 3.06. The molecule has 1 saturated carbocycles. The van der Waals surface area contributed by atoms with Crippen LogP contribution in [0.4, 0.5) is 5.95 Å². The molecule has 1 N–H and O–H groups in total. The van der Waals surface area contributed by atoms with Crippen molar-refractivity contribution in [2.75, 3.05) is 25.0 Å². The van der Waals surface area contributed by atoms with Crippen molar-refractivity contribution >= 4 is 11.9 Å². The number of amides is 1. The Bertz CT molecular complexity index is 747. The summed E-state index contributed by atoms with van der Waals surface area (Å²) < 4.78 is 5.47. The quantitative estimate of drug-likeness (QED) is 0.894. The zero-order valence-corrected chi connectivity index (χ0v) is 14.1. The first-order valence-corrected chi connectivity index (χ1v) is 8.43. The summed E-state index contributed by atoms with van der Waals surface area (Å²) in [6, 6.07) is 0. The van der Waals surface area contributed by atoms with Crippen LogP contribution in [0.1, 0.15) is 35.7 Å². The Morgan fingerprint density at radius 3 is 2.60 bits per heavy atom. The van der Waals surface area contributed by atoms with Gasteiger partial charge in [0, 0.05) is 43.4 Å². The minimum absolute atomic E-state index is 0.0562. The van der Waals surface area contributed by atoms with Crippen molar-refractivity contribution in [1.82, 2.24) is 24.8 Å². The van der Waals surface area contributed by atoms with E-state index in [1.165, 1.54) is 6.33 Å². The Balaban J connectivity index is 1.45. The van der Waals surface area contributed by atoms with E-state index in [1.54, 1.807) is 17.3 Å². The second-order valence-electron chi connectivity index (χ2n) is 6.56. The number of anilines is 1. The molecule has 1 aliphatic carbocycles. The Morgan fingerprint density at radius 2 is 1.96 bits per heavy atom. The van der Waals surface area contributed by atoms with Crippen molar-refractivity contribution in [2.24, 2.45) is 0 Å². The van der Waals surface area contributed by atoms with Gasteiger partial charge in [0.15, 0.2) is 0 Å². The number of ether oxygens (including phenoxy) is 1. The van der Waals surface area contributed by atoms with E-state index in [1.807, 2.05) is 19.3 Å². The second-order valence-corrected chi connectivity index (χ2v) is 6.56. The van der Waals surface area contributed by atoms with Gasteiger partial charge in [-0.1, -0.05) is 0 Å². The highest BCUT2D eigenvalue weighted by Gasteiger charge is 2.45. The summed E-state index contributed by atoms with van der Waals surface area (Å²) in [7, 11) is 0. The van der Waals surface area contributed by atoms with Gasteiger partial charge < -0.3 is 15.0 Å². The lowest BCUT2D eigenvalue weighted by atomic mass is 10.1. The number of nitrogens with one attached hydrogen (secondary N) is 1. The smallest absolute Gasteiger partial charge is 0.257 e. The van der Waals surface area contributed by atoms with Gasteiger partial charge in [-0.15, -0.1) is 0 Å². The summed E-state index contributed by atoms with van der Waals surface area (Å²) in [5.74, 6) is 0.451. The van der Waals surface area contributed by atoms with Gasteiger partial charge in [-0.25, -0.2) is 19.9 Å². The zero-order chi connectivity index (χ0) is 17.3. The summed E-state index contributed by atoms with van der Waals surface area (Å²) in [4.78, 5) is 31.1. The molecule has 1 amide bonds. The maximum absolute atomic E-state index is 12.5. The number of hydrogen-bond acceptors (Lipinski definition) is 7. The van der Waals surface area contributed by atoms with Gasteiger partial charge in [-0.2, -0.15) is 0 Å². The second kappa shape index (κ2) is 6.36. The summed E-state index contributed by atoms with van der Waals surface area (Å²) in [5, 5.41) is 3.35. The predicted molar refractivity (Wildman–Crippen MR) is 89.9 cm³/mol. The van der Waals surface area contributed by atoms with Crippen LogP contribution in [-0.4, -0.2) is 56.5 Å². The average Bonchev–Trinajstić information content (AvgIpc) is 3.43. The fourth-order valence-corrected chi connectivity index (χ4v) is 3.06. The molecule has 0 spiro atoms. The van der Waals surface area contributed by atoms with Gasteiger partial charge in [-0.3, -0.25) is 4.79 Å². The van der Waals surface area contributed by atoms with Crippen molar-refractivity contribution in [2.45, 2.75) is 31.4 Å². The first-order valence-electron chi connectivity index (χ1n) is 8.43. The van der Waals surface area contributed by atoms with Crippen LogP contribution in [0.5, 0.6) is 0 Å². The van der Waals surface area contributed by atoms with Crippen LogP contribution in [0.3, 0.4) is 0 Å². The lowest BCUT2D eigenvalue weighted by Gasteiger charge is -2.31. The van der Waals surface area contributed by atoms with Crippen molar-refractivity contribution in [3.63, 3.8) is 0 Å². The van der Waals surface area contributed by atoms with Gasteiger partial charge in [0.2, 0.25) is 5.95 Å². The molecule has 2 aromatic rings. The molecule has 1 atom stereocenters. The van der Waals surface area contributed by atoms with Crippen molar-refractivity contribution in [3.8, 4) is 0 Å². The van der Waals surface area contributed by atoms with Crippen LogP contribution in [0.15, 0.2) is 31.1 Å². The monoisotopic (exact) mass is 340 g/mol. The molecule has 1 saturated heterocycles. The van der Waals surface area contributed by atoms with E-state index in [2.05, 4.69) is 25.3 Å². The number of carbonyl (C=O) groups is 1. The van der Waals surface area contributed by atoms with E-state index in [0.29, 0.717) is 31.2 Å². The molecule has 1 aliphatic heterocycles. The van der Waals surface area contributed by atoms with Crippen LogP contribution in [-0.2, 0) is 10.3 Å². The Labute approximate surface area is 145 Å². The minimum Gasteiger partial charge on any atom is -0.375 e. The largest absolute Gasteiger partial charge is 0.375 e. The third-order valence-corrected chi connectivity index (χ3v) is 4.64. The Morgan fingerprint density at radius 1 is 1.24 bits per heavy atom. The lowest BCUT2D eigenvalue weighted by molar-refractivity contribution is -0.0124. The number of hydrogen-bond donors (Lipinski definition) is 1. The average molecular weight is 340 g/mol. The highest BCUT2D eigenvalue weighted by atomic mass is 16.5. The molecule has 2 aliphatic rings. The van der Waals surface area contributed by atoms with E-state index >= 15 is 0 Å². The third-order valence-electron chi connectivity index (χ3n) is 4.64. The molecule has 2 fully saturated rings. The molecule has 8 heteroatoms. The summed E-state index contributed by atoms with van der Waals surface area (Å²) >= 11 is 0. The topological polar surface area (TPSA) is 93.1 Å². The Hall–Kier alpha value is -2.61. The SMILES string of the molecule is C[C@H]1CN(C(=O)c2cnc(NC3(c4cncnc4)CC3)nc2)CCO1. The standard InChI is InChI=1S/C17H20N6O2/c1-12-10-23(4-5-25-12)15(24)13-6-20-16(21-7-13)22-17(2-3-17)14-8-18-11-19-9-14/h6-9,11-12H,2-5,10H2,1H3,(H,20,21,22)/t12-/m0/s1. The molecule has 0 bridgehead atoms. The number of morpholine rings is 1. The van der Waals surface area contributed by atoms with Crippen LogP contribution >= 0.6 is 0 Å². The molecule has 25 heavy (non-hydrogen) atoms. The van der Waals surface area contributed by atoms with Crippen molar-refractivity contribution in [3.05, 3.63) is 42.2 Å². The van der Waals surface area contributed by atoms with E-state index < -0.39 is 0 Å². The maximum atomic E-state index is 12.5. The molecular weight excluding hydrogens is 320 g/mol. The highest BCUT2D eigenvalue weighted by Crippen LogP contribution is 2.47. The van der Waals surface area contributed by atoms with E-state index in [0.717, 1.165) is 18.4 Å². The van der Waals surface area contributed by atoms with Crippen LogP contribution in [0.2, 0.25) is 0 Å². The Kier molecular flexibility index (Phi) is 4.04. The van der Waals surface area contributed by atoms with Crippen molar-refractivity contribution < 1.29 is 9.53 Å². The van der Waals surface area contributed by atoms with E-state index in [9.17, 15) is 4.79 Å². The molecule has 3 heterocycles. The predicted octanol–water partition coefficient (Wildman–Crippen LogP) is 1.23. The molecular formula is C17H20N6O2. The van der Waals surface area contributed by atoms with Gasteiger partial charge in [0.05, 0.1) is 23.8 Å². The third kappa shape index (κ3) is 3.30. The number of aromatic nitrogens is 4. The lowest BCUT2D eigenvalue weighted by Crippen LogP contribution is -2.44. The van der Waals surface area contributed by atoms with E-state index in [4.69, 9.17) is 4.74 Å². The summed E-state index contributed by atoms with van der Waals surface area (Å²) in [6.45, 7) is 3.72. The highest BCUT2D eigenvalue weighted by molar-refractivity contribution is 5.93. The van der Waals surface area contributed by atoms with Crippen molar-refractivity contribution in [1.29, 1.82) is 0 Å². The molecule has 2 aromatic heterocycles. The van der Waals surface area contributed by atoms with Crippen LogP contribution < -0.4 is 5.32 Å². The first-order chi connectivity index (χ1) is 12.2. The van der Waals surface area contributed by atoms with Crippen LogP contribution in [0.25, 0.3) is 0 Å². The number of rotatable bonds is 4. The van der Waals surface area contributed by atoms with Gasteiger partial charge >= 0.3 is 0 Å².